The summed E-state index contributed by atoms with van der Waals surface area (Å²) in [5.41, 5.74) is 5.57. The minimum absolute atomic E-state index is 0.131. The summed E-state index contributed by atoms with van der Waals surface area (Å²) in [5.74, 6) is -2.98. The predicted octanol–water partition coefficient (Wildman–Crippen LogP) is 2.13. The van der Waals surface area contributed by atoms with E-state index in [0.29, 0.717) is 18.5 Å². The van der Waals surface area contributed by atoms with Crippen molar-refractivity contribution in [1.82, 2.24) is 15.5 Å². The van der Waals surface area contributed by atoms with E-state index < -0.39 is 53.8 Å². The number of nitroso groups, excluding NO2 is 1. The minimum atomic E-state index is -1.44. The number of anilines is 1. The summed E-state index contributed by atoms with van der Waals surface area (Å²) >= 11 is 6.04. The van der Waals surface area contributed by atoms with Crippen LogP contribution in [0.15, 0.2) is 23.4 Å². The molecule has 1 aromatic rings. The summed E-state index contributed by atoms with van der Waals surface area (Å²) in [6.07, 6.45) is -0.0521. The predicted molar refractivity (Wildman–Crippen MR) is 128 cm³/mol. The SMILES string of the molecule is CC(C)(C)C(NC(=O)c1ccc(N)c(Cl)c1)C(=O)N1C2CCC(C2)C1C(=O)N[C@@H](CC(=O)O)N=O. The number of halogens is 1. The number of fused-ring (bicyclic) bond motifs is 2. The Kier molecular flexibility index (Phi) is 7.68. The third kappa shape index (κ3) is 5.72. The van der Waals surface area contributed by atoms with Crippen LogP contribution in [0, 0.1) is 16.2 Å². The van der Waals surface area contributed by atoms with E-state index in [-0.39, 0.29) is 22.5 Å². The van der Waals surface area contributed by atoms with Crippen molar-refractivity contribution in [3.63, 3.8) is 0 Å². The molecule has 1 aliphatic carbocycles. The number of likely N-dealkylation sites (tertiary alicyclic amines) is 1. The quantitative estimate of drug-likeness (QED) is 0.308. The van der Waals surface area contributed by atoms with Crippen LogP contribution in [-0.2, 0) is 14.4 Å². The van der Waals surface area contributed by atoms with Crippen LogP contribution in [0.5, 0.6) is 0 Å². The summed E-state index contributed by atoms with van der Waals surface area (Å²) in [7, 11) is 0. The van der Waals surface area contributed by atoms with Crippen molar-refractivity contribution >= 4 is 41.0 Å². The van der Waals surface area contributed by atoms with Crippen molar-refractivity contribution in [2.75, 3.05) is 5.73 Å². The van der Waals surface area contributed by atoms with E-state index >= 15 is 0 Å². The van der Waals surface area contributed by atoms with Crippen molar-refractivity contribution in [3.8, 4) is 0 Å². The van der Waals surface area contributed by atoms with Crippen LogP contribution in [0.1, 0.15) is 56.8 Å². The molecule has 3 amide bonds. The average Bonchev–Trinajstić information content (AvgIpc) is 3.38. The van der Waals surface area contributed by atoms with E-state index in [9.17, 15) is 24.1 Å². The summed E-state index contributed by atoms with van der Waals surface area (Å²) < 4.78 is 0. The molecule has 1 heterocycles. The second-order valence-electron chi connectivity index (χ2n) is 10.2. The van der Waals surface area contributed by atoms with Gasteiger partial charge in [-0.25, -0.2) is 0 Å². The van der Waals surface area contributed by atoms with Crippen LogP contribution in [0.2, 0.25) is 5.02 Å². The van der Waals surface area contributed by atoms with E-state index in [1.165, 1.54) is 23.1 Å². The molecular weight excluding hydrogens is 478 g/mol. The van der Waals surface area contributed by atoms with Crippen molar-refractivity contribution < 1.29 is 24.3 Å². The molecule has 2 fully saturated rings. The third-order valence-corrected chi connectivity index (χ3v) is 6.89. The van der Waals surface area contributed by atoms with Crippen LogP contribution in [0.3, 0.4) is 0 Å². The standard InChI is InChI=1S/C23H30ClN5O6/c1-23(2,3)19(27-20(32)12-5-7-15(25)14(24)9-12)22(34)29-13-6-4-11(8-13)18(29)21(33)26-16(28-35)10-17(30)31/h5,7,9,11,13,16,18-19H,4,6,8,10,25H2,1-3H3,(H,26,33)(H,27,32)(H,30,31)/t11?,13?,16-,18?,19?/m1/s1. The lowest BCUT2D eigenvalue weighted by Crippen LogP contribution is -2.61. The first kappa shape index (κ1) is 26.4. The van der Waals surface area contributed by atoms with Gasteiger partial charge in [-0.2, -0.15) is 0 Å². The first-order chi connectivity index (χ1) is 16.3. The van der Waals surface area contributed by atoms with Crippen molar-refractivity contribution in [2.45, 2.75) is 70.7 Å². The molecule has 1 aliphatic heterocycles. The maximum atomic E-state index is 13.8. The van der Waals surface area contributed by atoms with Crippen LogP contribution >= 0.6 is 11.6 Å². The van der Waals surface area contributed by atoms with E-state index in [4.69, 9.17) is 22.4 Å². The molecule has 12 heteroatoms. The van der Waals surface area contributed by atoms with Crippen LogP contribution in [0.4, 0.5) is 5.69 Å². The van der Waals surface area contributed by atoms with Gasteiger partial charge in [0.05, 0.1) is 17.1 Å². The highest BCUT2D eigenvalue weighted by molar-refractivity contribution is 6.33. The molecule has 11 nitrogen and oxygen atoms in total. The Morgan fingerprint density at radius 1 is 1.23 bits per heavy atom. The molecule has 0 spiro atoms. The van der Waals surface area contributed by atoms with Gasteiger partial charge in [0.1, 0.15) is 12.1 Å². The Morgan fingerprint density at radius 3 is 2.49 bits per heavy atom. The molecule has 5 atom stereocenters. The molecule has 0 aromatic heterocycles. The van der Waals surface area contributed by atoms with Gasteiger partial charge in [-0.15, -0.1) is 4.91 Å². The smallest absolute Gasteiger partial charge is 0.307 e. The number of piperidine rings is 1. The Balaban J connectivity index is 1.84. The Morgan fingerprint density at radius 2 is 1.91 bits per heavy atom. The molecule has 190 valence electrons. The zero-order valence-electron chi connectivity index (χ0n) is 19.8. The summed E-state index contributed by atoms with van der Waals surface area (Å²) in [6, 6.07) is 2.37. The maximum absolute atomic E-state index is 13.8. The first-order valence-electron chi connectivity index (χ1n) is 11.4. The zero-order chi connectivity index (χ0) is 26.1. The zero-order valence-corrected chi connectivity index (χ0v) is 20.5. The molecule has 2 aliphatic rings. The fourth-order valence-corrected chi connectivity index (χ4v) is 5.03. The monoisotopic (exact) mass is 507 g/mol. The number of hydrogen-bond acceptors (Lipinski definition) is 7. The fourth-order valence-electron chi connectivity index (χ4n) is 4.85. The van der Waals surface area contributed by atoms with Gasteiger partial charge in [-0.3, -0.25) is 19.2 Å². The summed E-state index contributed by atoms with van der Waals surface area (Å²) in [4.78, 5) is 63.4. The van der Waals surface area contributed by atoms with Crippen molar-refractivity contribution in [1.29, 1.82) is 0 Å². The Hall–Kier alpha value is -3.21. The number of carboxylic acids is 1. The molecule has 1 saturated heterocycles. The molecule has 0 radical (unpaired) electrons. The topological polar surface area (TPSA) is 171 Å². The number of carboxylic acid groups (broad SMARTS) is 1. The lowest BCUT2D eigenvalue weighted by molar-refractivity contribution is -0.147. The van der Waals surface area contributed by atoms with Gasteiger partial charge in [-0.1, -0.05) is 32.4 Å². The van der Waals surface area contributed by atoms with E-state index in [1.807, 2.05) is 0 Å². The molecule has 3 rings (SSSR count). The lowest BCUT2D eigenvalue weighted by Gasteiger charge is -2.40. The van der Waals surface area contributed by atoms with Crippen LogP contribution in [-0.4, -0.2) is 58.0 Å². The molecular formula is C23H30ClN5O6. The summed E-state index contributed by atoms with van der Waals surface area (Å²) in [5, 5.41) is 17.0. The molecule has 35 heavy (non-hydrogen) atoms. The van der Waals surface area contributed by atoms with Crippen LogP contribution < -0.4 is 16.4 Å². The van der Waals surface area contributed by atoms with Gasteiger partial charge >= 0.3 is 5.97 Å². The number of aliphatic carboxylic acids is 1. The van der Waals surface area contributed by atoms with E-state index in [0.717, 1.165) is 6.42 Å². The van der Waals surface area contributed by atoms with Gasteiger partial charge in [0.2, 0.25) is 11.8 Å². The van der Waals surface area contributed by atoms with Crippen LogP contribution in [0.25, 0.3) is 0 Å². The number of carbonyl (C=O) groups excluding carboxylic acids is 3. The normalized spacial score (nSPS) is 22.9. The van der Waals surface area contributed by atoms with Gasteiger partial charge in [0.15, 0.2) is 6.17 Å². The molecule has 1 aromatic carbocycles. The number of hydrogen-bond donors (Lipinski definition) is 4. The molecule has 1 saturated carbocycles. The lowest BCUT2D eigenvalue weighted by atomic mass is 9.84. The molecule has 4 unspecified atom stereocenters. The number of nitrogens with zero attached hydrogens (tertiary/aromatic N) is 2. The second-order valence-corrected chi connectivity index (χ2v) is 10.6. The van der Waals surface area contributed by atoms with E-state index in [1.54, 1.807) is 20.8 Å². The third-order valence-electron chi connectivity index (χ3n) is 6.56. The van der Waals surface area contributed by atoms with Gasteiger partial charge in [0, 0.05) is 11.6 Å². The van der Waals surface area contributed by atoms with Crippen molar-refractivity contribution in [2.24, 2.45) is 16.5 Å². The Labute approximate surface area is 207 Å². The number of carbonyl (C=O) groups is 4. The second kappa shape index (κ2) is 10.2. The molecule has 5 N–H and O–H groups in total. The van der Waals surface area contributed by atoms with Gasteiger partial charge in [0.25, 0.3) is 5.91 Å². The average molecular weight is 508 g/mol. The van der Waals surface area contributed by atoms with Gasteiger partial charge < -0.3 is 26.4 Å². The number of amides is 3. The highest BCUT2D eigenvalue weighted by Gasteiger charge is 2.53. The number of nitrogens with one attached hydrogen (secondary N) is 2. The number of nitrogen functional groups attached to an aromatic ring is 1. The number of rotatable bonds is 8. The van der Waals surface area contributed by atoms with Gasteiger partial charge in [-0.05, 0) is 54.0 Å². The summed E-state index contributed by atoms with van der Waals surface area (Å²) in [6.45, 7) is 5.40. The largest absolute Gasteiger partial charge is 0.481 e. The minimum Gasteiger partial charge on any atom is -0.481 e. The van der Waals surface area contributed by atoms with Crippen molar-refractivity contribution in [3.05, 3.63) is 33.7 Å². The van der Waals surface area contributed by atoms with E-state index in [2.05, 4.69) is 15.8 Å². The molecule has 2 bridgehead atoms. The maximum Gasteiger partial charge on any atom is 0.307 e. The number of nitrogens with two attached hydrogens (primary N) is 1. The fraction of sp³-hybridized carbons (Fsp3) is 0.565. The number of benzene rings is 1. The highest BCUT2D eigenvalue weighted by atomic mass is 35.5. The Bertz CT molecular complexity index is 1040. The first-order valence-corrected chi connectivity index (χ1v) is 11.7. The highest BCUT2D eigenvalue weighted by Crippen LogP contribution is 2.43.